The van der Waals surface area contributed by atoms with Gasteiger partial charge in [0, 0.05) is 25.2 Å². The van der Waals surface area contributed by atoms with E-state index in [1.807, 2.05) is 0 Å². The molecule has 0 rings (SSSR count). The molecule has 0 fully saturated rings. The summed E-state index contributed by atoms with van der Waals surface area (Å²) in [5, 5.41) is 21.6. The summed E-state index contributed by atoms with van der Waals surface area (Å²) in [5.41, 5.74) is -0.165. The average Bonchev–Trinajstić information content (AvgIpc) is 2.61. The minimum absolute atomic E-state index is 0.165. The van der Waals surface area contributed by atoms with Crippen LogP contribution in [-0.4, -0.2) is 46.9 Å². The van der Waals surface area contributed by atoms with Gasteiger partial charge in [-0.15, -0.1) is 0 Å². The topological polar surface area (TPSA) is 95.9 Å². The highest BCUT2D eigenvalue weighted by molar-refractivity contribution is 5.73. The van der Waals surface area contributed by atoms with Gasteiger partial charge < -0.3 is 14.9 Å². The molecule has 26 heavy (non-hydrogen) atoms. The maximum absolute atomic E-state index is 11.7. The third-order valence-corrected chi connectivity index (χ3v) is 5.06. The van der Waals surface area contributed by atoms with Crippen molar-refractivity contribution in [2.45, 2.75) is 103 Å². The Labute approximate surface area is 158 Å². The Morgan fingerprint density at radius 1 is 0.962 bits per heavy atom. The zero-order chi connectivity index (χ0) is 19.8. The fourth-order valence-electron chi connectivity index (χ4n) is 3.24. The van der Waals surface area contributed by atoms with E-state index in [4.69, 9.17) is 9.84 Å². The summed E-state index contributed by atoms with van der Waals surface area (Å²) in [6.45, 7) is 7.79. The second kappa shape index (κ2) is 15.0. The molecule has 0 saturated heterocycles. The van der Waals surface area contributed by atoms with Gasteiger partial charge in [-0.3, -0.25) is 14.9 Å². The Bertz CT molecular complexity index is 382. The Hall–Kier alpha value is -1.14. The van der Waals surface area contributed by atoms with E-state index in [2.05, 4.69) is 26.1 Å². The molecule has 0 aromatic heterocycles. The average molecular weight is 374 g/mol. The maximum Gasteiger partial charge on any atom is 0.320 e. The van der Waals surface area contributed by atoms with Gasteiger partial charge in [-0.05, 0) is 44.9 Å². The van der Waals surface area contributed by atoms with Crippen LogP contribution in [0.2, 0.25) is 0 Å². The molecule has 0 aromatic carbocycles. The van der Waals surface area contributed by atoms with Crippen LogP contribution >= 0.6 is 0 Å². The summed E-state index contributed by atoms with van der Waals surface area (Å²) in [6.07, 6.45) is 8.56. The van der Waals surface area contributed by atoms with Crippen LogP contribution in [0.1, 0.15) is 91.4 Å². The van der Waals surface area contributed by atoms with Crippen LogP contribution in [0.15, 0.2) is 0 Å². The van der Waals surface area contributed by atoms with Crippen LogP contribution in [0.3, 0.4) is 0 Å². The molecule has 0 aliphatic heterocycles. The van der Waals surface area contributed by atoms with Gasteiger partial charge in [0.2, 0.25) is 0 Å². The third-order valence-electron chi connectivity index (χ3n) is 5.06. The molecule has 6 nitrogen and oxygen atoms in total. The van der Waals surface area contributed by atoms with E-state index in [0.717, 1.165) is 64.6 Å². The van der Waals surface area contributed by atoms with Gasteiger partial charge >= 0.3 is 11.9 Å². The number of rotatable bonds is 18. The molecule has 0 radical (unpaired) electrons. The highest BCUT2D eigenvalue weighted by Crippen LogP contribution is 2.24. The molecule has 0 aromatic rings. The molecule has 0 aliphatic carbocycles. The Balaban J connectivity index is 4.40. The van der Waals surface area contributed by atoms with E-state index in [-0.39, 0.29) is 12.0 Å². The van der Waals surface area contributed by atoms with Crippen LogP contribution in [0, 0.1) is 0 Å². The normalized spacial score (nSPS) is 12.9. The summed E-state index contributed by atoms with van der Waals surface area (Å²) in [4.78, 5) is 22.2. The van der Waals surface area contributed by atoms with Crippen molar-refractivity contribution in [2.24, 2.45) is 0 Å². The van der Waals surface area contributed by atoms with Crippen LogP contribution in [0.5, 0.6) is 0 Å². The van der Waals surface area contributed by atoms with Crippen molar-refractivity contribution in [3.05, 3.63) is 0 Å². The van der Waals surface area contributed by atoms with Gasteiger partial charge in [-0.2, -0.15) is 0 Å². The molecule has 1 unspecified atom stereocenters. The number of carbonyl (C=O) groups is 2. The van der Waals surface area contributed by atoms with Crippen molar-refractivity contribution in [1.82, 2.24) is 5.32 Å². The van der Waals surface area contributed by atoms with Crippen molar-refractivity contribution in [3.63, 3.8) is 0 Å². The monoisotopic (exact) mass is 373 g/mol. The summed E-state index contributed by atoms with van der Waals surface area (Å²) < 4.78 is 5.55. The predicted molar refractivity (Wildman–Crippen MR) is 104 cm³/mol. The molecule has 154 valence electrons. The summed E-state index contributed by atoms with van der Waals surface area (Å²) in [7, 11) is 0. The van der Waals surface area contributed by atoms with E-state index in [0.29, 0.717) is 12.8 Å². The summed E-state index contributed by atoms with van der Waals surface area (Å²) >= 11 is 0. The number of carboxylic acid groups (broad SMARTS) is 2. The Morgan fingerprint density at radius 3 is 2.15 bits per heavy atom. The molecule has 0 spiro atoms. The summed E-state index contributed by atoms with van der Waals surface area (Å²) in [5.74, 6) is -1.57. The quantitative estimate of drug-likeness (QED) is 0.311. The lowest BCUT2D eigenvalue weighted by Crippen LogP contribution is -2.52. The highest BCUT2D eigenvalue weighted by atomic mass is 16.5. The number of ether oxygens (including phenoxy) is 1. The lowest BCUT2D eigenvalue weighted by atomic mass is 9.86. The minimum Gasteiger partial charge on any atom is -0.481 e. The second-order valence-corrected chi connectivity index (χ2v) is 7.09. The zero-order valence-electron chi connectivity index (χ0n) is 16.9. The van der Waals surface area contributed by atoms with Gasteiger partial charge in [-0.25, -0.2) is 0 Å². The molecule has 0 heterocycles. The molecule has 6 heteroatoms. The van der Waals surface area contributed by atoms with Gasteiger partial charge in [0.15, 0.2) is 0 Å². The van der Waals surface area contributed by atoms with Gasteiger partial charge in [0.05, 0.1) is 0 Å². The van der Waals surface area contributed by atoms with Gasteiger partial charge in [0.1, 0.15) is 6.04 Å². The van der Waals surface area contributed by atoms with E-state index >= 15 is 0 Å². The highest BCUT2D eigenvalue weighted by Gasteiger charge is 2.31. The third kappa shape index (κ3) is 11.5. The first-order valence-electron chi connectivity index (χ1n) is 10.2. The smallest absolute Gasteiger partial charge is 0.320 e. The lowest BCUT2D eigenvalue weighted by molar-refractivity contribution is -0.140. The number of unbranched alkanes of at least 4 members (excludes halogenated alkanes) is 3. The first kappa shape index (κ1) is 24.9. The van der Waals surface area contributed by atoms with Crippen LogP contribution in [0.25, 0.3) is 0 Å². The fourth-order valence-corrected chi connectivity index (χ4v) is 3.24. The molecule has 0 bridgehead atoms. The van der Waals surface area contributed by atoms with Crippen molar-refractivity contribution >= 4 is 11.9 Å². The number of hydrogen-bond donors (Lipinski definition) is 3. The number of carboxylic acids is 2. The first-order chi connectivity index (χ1) is 12.4. The number of nitrogens with one attached hydrogen (secondary N) is 1. The van der Waals surface area contributed by atoms with E-state index in [1.165, 1.54) is 0 Å². The van der Waals surface area contributed by atoms with Gasteiger partial charge in [0.25, 0.3) is 0 Å². The van der Waals surface area contributed by atoms with Crippen LogP contribution < -0.4 is 5.32 Å². The van der Waals surface area contributed by atoms with Crippen molar-refractivity contribution in [2.75, 3.05) is 13.2 Å². The zero-order valence-corrected chi connectivity index (χ0v) is 16.9. The van der Waals surface area contributed by atoms with Gasteiger partial charge in [-0.1, -0.05) is 40.0 Å². The number of aliphatic carboxylic acids is 2. The standard InChI is InChI=1S/C20H39NO5/c1-4-15-26-16-11-14-20(5-2,6-3)21-17(19(24)25)12-9-7-8-10-13-18(22)23/h17,21H,4-16H2,1-3H3,(H,22,23)(H,24,25). The summed E-state index contributed by atoms with van der Waals surface area (Å²) in [6, 6.07) is -0.550. The fraction of sp³-hybridized carbons (Fsp3) is 0.900. The van der Waals surface area contributed by atoms with E-state index in [1.54, 1.807) is 0 Å². The molecular weight excluding hydrogens is 334 g/mol. The molecule has 1 atom stereocenters. The molecular formula is C20H39NO5. The van der Waals surface area contributed by atoms with Crippen molar-refractivity contribution in [3.8, 4) is 0 Å². The molecule has 0 amide bonds. The SMILES string of the molecule is CCCOCCCC(CC)(CC)NC(CCCCCCC(=O)O)C(=O)O. The molecule has 0 saturated carbocycles. The molecule has 0 aliphatic rings. The minimum atomic E-state index is -0.802. The second-order valence-electron chi connectivity index (χ2n) is 7.09. The largest absolute Gasteiger partial charge is 0.481 e. The number of hydrogen-bond acceptors (Lipinski definition) is 4. The van der Waals surface area contributed by atoms with E-state index in [9.17, 15) is 14.7 Å². The Morgan fingerprint density at radius 2 is 1.62 bits per heavy atom. The molecule has 3 N–H and O–H groups in total. The van der Waals surface area contributed by atoms with Crippen LogP contribution in [-0.2, 0) is 14.3 Å². The van der Waals surface area contributed by atoms with Crippen LogP contribution in [0.4, 0.5) is 0 Å². The Kier molecular flexibility index (Phi) is 14.3. The lowest BCUT2D eigenvalue weighted by Gasteiger charge is -2.36. The van der Waals surface area contributed by atoms with E-state index < -0.39 is 18.0 Å². The predicted octanol–water partition coefficient (Wildman–Crippen LogP) is 4.22. The van der Waals surface area contributed by atoms with Crippen molar-refractivity contribution < 1.29 is 24.5 Å². The maximum atomic E-state index is 11.7. The van der Waals surface area contributed by atoms with Crippen molar-refractivity contribution in [1.29, 1.82) is 0 Å². The first-order valence-corrected chi connectivity index (χ1v) is 10.2.